The van der Waals surface area contributed by atoms with Crippen molar-refractivity contribution in [1.82, 2.24) is 14.5 Å². The number of aryl methyl sites for hydroxylation is 1. The number of nitrogens with one attached hydrogen (secondary N) is 1. The predicted molar refractivity (Wildman–Crippen MR) is 82.2 cm³/mol. The molecule has 6 nitrogen and oxygen atoms in total. The maximum Gasteiger partial charge on any atom is 0.241 e. The summed E-state index contributed by atoms with van der Waals surface area (Å²) in [5.41, 5.74) is 6.48. The summed E-state index contributed by atoms with van der Waals surface area (Å²) in [5, 5.41) is 2.79. The van der Waals surface area contributed by atoms with Gasteiger partial charge in [-0.25, -0.2) is 9.97 Å². The number of amides is 1. The lowest BCUT2D eigenvalue weighted by molar-refractivity contribution is -0.117. The van der Waals surface area contributed by atoms with Crippen molar-refractivity contribution in [3.63, 3.8) is 0 Å². The Kier molecular flexibility index (Phi) is 5.05. The highest BCUT2D eigenvalue weighted by Gasteiger charge is 2.13. The van der Waals surface area contributed by atoms with Gasteiger partial charge in [-0.2, -0.15) is 0 Å². The third-order valence-electron chi connectivity index (χ3n) is 3.29. The average molecular weight is 287 g/mol. The van der Waals surface area contributed by atoms with E-state index < -0.39 is 6.04 Å². The number of nitrogens with zero attached hydrogens (tertiary/aromatic N) is 3. The Balaban J connectivity index is 2.00. The second-order valence-electron chi connectivity index (χ2n) is 4.99. The summed E-state index contributed by atoms with van der Waals surface area (Å²) in [5.74, 6) is 1.45. The molecule has 0 bridgehead atoms. The van der Waals surface area contributed by atoms with E-state index in [1.54, 1.807) is 12.4 Å². The number of imidazole rings is 1. The van der Waals surface area contributed by atoms with Crippen LogP contribution in [0.1, 0.15) is 32.0 Å². The summed E-state index contributed by atoms with van der Waals surface area (Å²) >= 11 is 0. The van der Waals surface area contributed by atoms with Crippen molar-refractivity contribution in [2.75, 3.05) is 5.32 Å². The number of carbonyl (C=O) groups excluding carboxylic acids is 1. The SMILES string of the molecule is CCCCC(N)C(=O)Nc1ccc(-n2ccnc2C)nc1. The van der Waals surface area contributed by atoms with Crippen LogP contribution in [0.4, 0.5) is 5.69 Å². The lowest BCUT2D eigenvalue weighted by Gasteiger charge is -2.12. The highest BCUT2D eigenvalue weighted by Crippen LogP contribution is 2.12. The fourth-order valence-electron chi connectivity index (χ4n) is 2.01. The van der Waals surface area contributed by atoms with E-state index in [1.807, 2.05) is 29.8 Å². The number of pyridine rings is 1. The molecule has 1 amide bonds. The first-order chi connectivity index (χ1) is 10.1. The van der Waals surface area contributed by atoms with E-state index in [9.17, 15) is 4.79 Å². The lowest BCUT2D eigenvalue weighted by atomic mass is 10.1. The average Bonchev–Trinajstić information content (AvgIpc) is 2.91. The van der Waals surface area contributed by atoms with Gasteiger partial charge in [0.15, 0.2) is 0 Å². The highest BCUT2D eigenvalue weighted by atomic mass is 16.2. The molecule has 1 atom stereocenters. The van der Waals surface area contributed by atoms with Gasteiger partial charge in [-0.15, -0.1) is 0 Å². The molecule has 0 radical (unpaired) electrons. The van der Waals surface area contributed by atoms with E-state index in [4.69, 9.17) is 5.73 Å². The molecule has 6 heteroatoms. The monoisotopic (exact) mass is 287 g/mol. The molecule has 112 valence electrons. The number of carbonyl (C=O) groups is 1. The van der Waals surface area contributed by atoms with Gasteiger partial charge < -0.3 is 11.1 Å². The highest BCUT2D eigenvalue weighted by molar-refractivity contribution is 5.94. The minimum atomic E-state index is -0.472. The quantitative estimate of drug-likeness (QED) is 0.851. The summed E-state index contributed by atoms with van der Waals surface area (Å²) in [6.45, 7) is 3.98. The molecule has 0 aliphatic carbocycles. The number of nitrogens with two attached hydrogens (primary N) is 1. The number of hydrogen-bond acceptors (Lipinski definition) is 4. The van der Waals surface area contributed by atoms with Crippen molar-refractivity contribution in [3.05, 3.63) is 36.5 Å². The molecular formula is C15H21N5O. The number of unbranched alkanes of at least 4 members (excludes halogenated alkanes) is 1. The van der Waals surface area contributed by atoms with Crippen molar-refractivity contribution in [1.29, 1.82) is 0 Å². The van der Waals surface area contributed by atoms with Crippen molar-refractivity contribution in [2.45, 2.75) is 39.2 Å². The normalized spacial score (nSPS) is 12.1. The second-order valence-corrected chi connectivity index (χ2v) is 4.99. The second kappa shape index (κ2) is 6.99. The molecule has 0 aromatic carbocycles. The summed E-state index contributed by atoms with van der Waals surface area (Å²) < 4.78 is 1.87. The minimum Gasteiger partial charge on any atom is -0.323 e. The van der Waals surface area contributed by atoms with E-state index in [1.165, 1.54) is 0 Å². The van der Waals surface area contributed by atoms with Crippen molar-refractivity contribution in [3.8, 4) is 5.82 Å². The van der Waals surface area contributed by atoms with Gasteiger partial charge >= 0.3 is 0 Å². The maximum absolute atomic E-state index is 11.9. The van der Waals surface area contributed by atoms with Crippen LogP contribution >= 0.6 is 0 Å². The van der Waals surface area contributed by atoms with Gasteiger partial charge in [0.05, 0.1) is 17.9 Å². The van der Waals surface area contributed by atoms with Crippen molar-refractivity contribution < 1.29 is 4.79 Å². The standard InChI is InChI=1S/C15H21N5O/c1-3-4-5-13(16)15(21)19-12-6-7-14(18-10-12)20-9-8-17-11(20)2/h6-10,13H,3-5,16H2,1-2H3,(H,19,21). The van der Waals surface area contributed by atoms with Crippen LogP contribution < -0.4 is 11.1 Å². The summed E-state index contributed by atoms with van der Waals surface area (Å²) in [4.78, 5) is 20.4. The molecule has 21 heavy (non-hydrogen) atoms. The van der Waals surface area contributed by atoms with Crippen LogP contribution in [0.5, 0.6) is 0 Å². The Hall–Kier alpha value is -2.21. The van der Waals surface area contributed by atoms with Crippen LogP contribution in [-0.4, -0.2) is 26.5 Å². The van der Waals surface area contributed by atoms with E-state index in [0.29, 0.717) is 12.1 Å². The summed E-state index contributed by atoms with van der Waals surface area (Å²) in [7, 11) is 0. The zero-order valence-electron chi connectivity index (χ0n) is 12.4. The molecule has 0 aliphatic heterocycles. The van der Waals surface area contributed by atoms with Crippen molar-refractivity contribution in [2.24, 2.45) is 5.73 Å². The molecule has 2 aromatic heterocycles. The zero-order valence-corrected chi connectivity index (χ0v) is 12.4. The van der Waals surface area contributed by atoms with Crippen molar-refractivity contribution >= 4 is 11.6 Å². The fraction of sp³-hybridized carbons (Fsp3) is 0.400. The van der Waals surface area contributed by atoms with Crippen LogP contribution in [0.2, 0.25) is 0 Å². The maximum atomic E-state index is 11.9. The van der Waals surface area contributed by atoms with Gasteiger partial charge in [-0.1, -0.05) is 19.8 Å². The first kappa shape index (κ1) is 15.2. The molecular weight excluding hydrogens is 266 g/mol. The smallest absolute Gasteiger partial charge is 0.241 e. The molecule has 0 saturated heterocycles. The number of anilines is 1. The summed E-state index contributed by atoms with van der Waals surface area (Å²) in [6.07, 6.45) is 7.87. The summed E-state index contributed by atoms with van der Waals surface area (Å²) in [6, 6.07) is 3.18. The minimum absolute atomic E-state index is 0.170. The number of aromatic nitrogens is 3. The molecule has 3 N–H and O–H groups in total. The van der Waals surface area contributed by atoms with Gasteiger partial charge in [0.25, 0.3) is 0 Å². The van der Waals surface area contributed by atoms with Crippen LogP contribution in [0.3, 0.4) is 0 Å². The topological polar surface area (TPSA) is 85.8 Å². The van der Waals surface area contributed by atoms with Crippen LogP contribution in [0.15, 0.2) is 30.7 Å². The predicted octanol–water partition coefficient (Wildman–Crippen LogP) is 2.03. The third-order valence-corrected chi connectivity index (χ3v) is 3.29. The van der Waals surface area contributed by atoms with E-state index >= 15 is 0 Å². The molecule has 1 unspecified atom stereocenters. The Morgan fingerprint density at radius 1 is 1.43 bits per heavy atom. The molecule has 0 saturated carbocycles. The fourth-order valence-corrected chi connectivity index (χ4v) is 2.01. The van der Waals surface area contributed by atoms with E-state index in [-0.39, 0.29) is 5.91 Å². The largest absolute Gasteiger partial charge is 0.323 e. The van der Waals surface area contributed by atoms with Crippen LogP contribution in [-0.2, 0) is 4.79 Å². The first-order valence-corrected chi connectivity index (χ1v) is 7.14. The Labute approximate surface area is 124 Å². The molecule has 0 spiro atoms. The van der Waals surface area contributed by atoms with Gasteiger partial charge in [0.2, 0.25) is 5.91 Å². The van der Waals surface area contributed by atoms with Crippen LogP contribution in [0, 0.1) is 6.92 Å². The van der Waals surface area contributed by atoms with Gasteiger partial charge in [0, 0.05) is 12.4 Å². The van der Waals surface area contributed by atoms with Gasteiger partial charge in [0.1, 0.15) is 11.6 Å². The van der Waals surface area contributed by atoms with Gasteiger partial charge in [-0.05, 0) is 25.5 Å². The van der Waals surface area contributed by atoms with Gasteiger partial charge in [-0.3, -0.25) is 9.36 Å². The molecule has 0 fully saturated rings. The third kappa shape index (κ3) is 3.88. The Morgan fingerprint density at radius 2 is 2.24 bits per heavy atom. The molecule has 2 rings (SSSR count). The Bertz CT molecular complexity index is 590. The first-order valence-electron chi connectivity index (χ1n) is 7.14. The molecule has 2 aromatic rings. The van der Waals surface area contributed by atoms with E-state index in [0.717, 1.165) is 24.5 Å². The van der Waals surface area contributed by atoms with E-state index in [2.05, 4.69) is 22.2 Å². The Morgan fingerprint density at radius 3 is 2.81 bits per heavy atom. The number of rotatable bonds is 6. The molecule has 2 heterocycles. The zero-order chi connectivity index (χ0) is 15.2. The van der Waals surface area contributed by atoms with Crippen LogP contribution in [0.25, 0.3) is 5.82 Å². The number of hydrogen-bond donors (Lipinski definition) is 2. The molecule has 0 aliphatic rings. The lowest BCUT2D eigenvalue weighted by Crippen LogP contribution is -2.35.